The fraction of sp³-hybridized carbons (Fsp3) is 0.231. The maximum atomic E-state index is 11.7. The molecule has 0 saturated carbocycles. The van der Waals surface area contributed by atoms with Gasteiger partial charge in [-0.1, -0.05) is 29.3 Å². The number of hydrogen-bond acceptors (Lipinski definition) is 3. The Morgan fingerprint density at radius 3 is 2.67 bits per heavy atom. The van der Waals surface area contributed by atoms with Gasteiger partial charge in [-0.05, 0) is 36.3 Å². The molecular formula is C13H11Cl2NO2. The van der Waals surface area contributed by atoms with Crippen LogP contribution in [-0.4, -0.2) is 18.2 Å². The molecule has 1 aromatic rings. The van der Waals surface area contributed by atoms with Crippen LogP contribution >= 0.6 is 23.2 Å². The molecule has 0 radical (unpaired) electrons. The fourth-order valence-corrected chi connectivity index (χ4v) is 2.16. The molecule has 0 aromatic heterocycles. The van der Waals surface area contributed by atoms with Gasteiger partial charge in [-0.25, -0.2) is 4.79 Å². The minimum atomic E-state index is -0.440. The SMILES string of the molecule is O=C(OCc1cc(Cl)cc(Cl)c1)C1CC=CC=N1. The quantitative estimate of drug-likeness (QED) is 0.797. The molecule has 1 unspecified atom stereocenters. The lowest BCUT2D eigenvalue weighted by molar-refractivity contribution is -0.146. The van der Waals surface area contributed by atoms with Crippen molar-refractivity contribution in [3.63, 3.8) is 0 Å². The van der Waals surface area contributed by atoms with Crippen molar-refractivity contribution < 1.29 is 9.53 Å². The van der Waals surface area contributed by atoms with Crippen LogP contribution < -0.4 is 0 Å². The molecule has 1 aromatic carbocycles. The van der Waals surface area contributed by atoms with Crippen LogP contribution in [0.1, 0.15) is 12.0 Å². The normalized spacial score (nSPS) is 17.8. The number of esters is 1. The number of dihydropyridines is 1. The number of aliphatic imine (C=N–C) groups is 1. The van der Waals surface area contributed by atoms with E-state index in [1.807, 2.05) is 6.08 Å². The maximum Gasteiger partial charge on any atom is 0.331 e. The van der Waals surface area contributed by atoms with E-state index in [0.717, 1.165) is 5.56 Å². The molecule has 1 aliphatic rings. The van der Waals surface area contributed by atoms with Crippen molar-refractivity contribution in [1.82, 2.24) is 0 Å². The second-order valence-corrected chi connectivity index (χ2v) is 4.74. The zero-order chi connectivity index (χ0) is 13.0. The summed E-state index contributed by atoms with van der Waals surface area (Å²) in [6, 6.07) is 4.62. The minimum Gasteiger partial charge on any atom is -0.459 e. The second kappa shape index (κ2) is 6.03. The third-order valence-electron chi connectivity index (χ3n) is 2.42. The van der Waals surface area contributed by atoms with Crippen molar-refractivity contribution in [2.24, 2.45) is 4.99 Å². The highest BCUT2D eigenvalue weighted by atomic mass is 35.5. The number of carbonyl (C=O) groups is 1. The first-order valence-corrected chi connectivity index (χ1v) is 6.20. The summed E-state index contributed by atoms with van der Waals surface area (Å²) in [6.45, 7) is 0.148. The molecule has 1 aliphatic heterocycles. The van der Waals surface area contributed by atoms with Gasteiger partial charge in [-0.2, -0.15) is 0 Å². The van der Waals surface area contributed by atoms with Crippen LogP contribution in [0.15, 0.2) is 35.3 Å². The number of nitrogens with zero attached hydrogens (tertiary/aromatic N) is 1. The predicted octanol–water partition coefficient (Wildman–Crippen LogP) is 3.44. The number of halogens is 2. The van der Waals surface area contributed by atoms with E-state index in [2.05, 4.69) is 4.99 Å². The molecule has 0 amide bonds. The Labute approximate surface area is 115 Å². The van der Waals surface area contributed by atoms with Crippen LogP contribution in [0.25, 0.3) is 0 Å². The van der Waals surface area contributed by atoms with Gasteiger partial charge in [-0.3, -0.25) is 4.99 Å². The van der Waals surface area contributed by atoms with Crippen molar-refractivity contribution in [3.8, 4) is 0 Å². The van der Waals surface area contributed by atoms with Gasteiger partial charge in [0.25, 0.3) is 0 Å². The Balaban J connectivity index is 1.93. The van der Waals surface area contributed by atoms with Gasteiger partial charge in [0.05, 0.1) is 0 Å². The summed E-state index contributed by atoms with van der Waals surface area (Å²) in [7, 11) is 0. The third-order valence-corrected chi connectivity index (χ3v) is 2.86. The van der Waals surface area contributed by atoms with E-state index >= 15 is 0 Å². The van der Waals surface area contributed by atoms with Crippen LogP contribution in [0.5, 0.6) is 0 Å². The summed E-state index contributed by atoms with van der Waals surface area (Å²) in [4.78, 5) is 15.7. The molecule has 0 bridgehead atoms. The molecular weight excluding hydrogens is 273 g/mol. The highest BCUT2D eigenvalue weighted by Crippen LogP contribution is 2.20. The Morgan fingerprint density at radius 1 is 1.33 bits per heavy atom. The van der Waals surface area contributed by atoms with Gasteiger partial charge in [-0.15, -0.1) is 0 Å². The Bertz CT molecular complexity index is 491. The van der Waals surface area contributed by atoms with Crippen LogP contribution in [0.4, 0.5) is 0 Å². The van der Waals surface area contributed by atoms with E-state index in [9.17, 15) is 4.79 Å². The van der Waals surface area contributed by atoms with Crippen LogP contribution in [0.3, 0.4) is 0 Å². The highest BCUT2D eigenvalue weighted by Gasteiger charge is 2.18. The summed E-state index contributed by atoms with van der Waals surface area (Å²) < 4.78 is 5.17. The van der Waals surface area contributed by atoms with E-state index in [1.165, 1.54) is 0 Å². The van der Waals surface area contributed by atoms with Gasteiger partial charge in [0.15, 0.2) is 6.04 Å². The Kier molecular flexibility index (Phi) is 4.39. The van der Waals surface area contributed by atoms with Crippen molar-refractivity contribution in [2.45, 2.75) is 19.1 Å². The number of carbonyl (C=O) groups excluding carboxylic acids is 1. The van der Waals surface area contributed by atoms with Crippen LogP contribution in [-0.2, 0) is 16.1 Å². The highest BCUT2D eigenvalue weighted by molar-refractivity contribution is 6.34. The van der Waals surface area contributed by atoms with Gasteiger partial charge in [0, 0.05) is 16.3 Å². The first kappa shape index (κ1) is 13.1. The molecule has 0 N–H and O–H groups in total. The van der Waals surface area contributed by atoms with E-state index in [1.54, 1.807) is 30.5 Å². The maximum absolute atomic E-state index is 11.7. The van der Waals surface area contributed by atoms with E-state index < -0.39 is 6.04 Å². The third kappa shape index (κ3) is 3.59. The molecule has 0 spiro atoms. The van der Waals surface area contributed by atoms with Gasteiger partial charge < -0.3 is 4.74 Å². The van der Waals surface area contributed by atoms with Crippen molar-refractivity contribution in [1.29, 1.82) is 0 Å². The molecule has 3 nitrogen and oxygen atoms in total. The van der Waals surface area contributed by atoms with Gasteiger partial charge >= 0.3 is 5.97 Å². The summed E-state index contributed by atoms with van der Waals surface area (Å²) in [5.74, 6) is -0.341. The first-order valence-electron chi connectivity index (χ1n) is 5.45. The smallest absolute Gasteiger partial charge is 0.331 e. The van der Waals surface area contributed by atoms with E-state index in [0.29, 0.717) is 16.5 Å². The molecule has 1 atom stereocenters. The lowest BCUT2D eigenvalue weighted by atomic mass is 10.2. The van der Waals surface area contributed by atoms with Crippen molar-refractivity contribution in [3.05, 3.63) is 46.0 Å². The van der Waals surface area contributed by atoms with Crippen molar-refractivity contribution >= 4 is 35.4 Å². The summed E-state index contributed by atoms with van der Waals surface area (Å²) in [5, 5.41) is 1.04. The van der Waals surface area contributed by atoms with Gasteiger partial charge in [0.1, 0.15) is 6.61 Å². The number of hydrogen-bond donors (Lipinski definition) is 0. The number of rotatable bonds is 3. The first-order chi connectivity index (χ1) is 8.65. The lowest BCUT2D eigenvalue weighted by Crippen LogP contribution is -2.22. The van der Waals surface area contributed by atoms with Crippen LogP contribution in [0.2, 0.25) is 10.0 Å². The molecule has 0 saturated heterocycles. The molecule has 2 rings (SSSR count). The largest absolute Gasteiger partial charge is 0.459 e. The topological polar surface area (TPSA) is 38.7 Å². The molecule has 1 heterocycles. The second-order valence-electron chi connectivity index (χ2n) is 3.86. The Hall–Kier alpha value is -1.32. The monoisotopic (exact) mass is 283 g/mol. The predicted molar refractivity (Wildman–Crippen MR) is 72.3 cm³/mol. The van der Waals surface area contributed by atoms with Gasteiger partial charge in [0.2, 0.25) is 0 Å². The number of benzene rings is 1. The zero-order valence-electron chi connectivity index (χ0n) is 9.48. The average Bonchev–Trinajstić information content (AvgIpc) is 2.36. The molecule has 0 fully saturated rings. The van der Waals surface area contributed by atoms with E-state index in [-0.39, 0.29) is 12.6 Å². The Morgan fingerprint density at radius 2 is 2.06 bits per heavy atom. The number of allylic oxidation sites excluding steroid dienone is 1. The lowest BCUT2D eigenvalue weighted by Gasteiger charge is -2.12. The molecule has 94 valence electrons. The average molecular weight is 284 g/mol. The molecule has 18 heavy (non-hydrogen) atoms. The van der Waals surface area contributed by atoms with Crippen LogP contribution in [0, 0.1) is 0 Å². The molecule has 0 aliphatic carbocycles. The zero-order valence-corrected chi connectivity index (χ0v) is 11.0. The standard InChI is InChI=1S/C13H11Cl2NO2/c14-10-5-9(6-11(15)7-10)8-18-13(17)12-3-1-2-4-16-12/h1-2,4-7,12H,3,8H2. The summed E-state index contributed by atoms with van der Waals surface area (Å²) >= 11 is 11.7. The molecule has 5 heteroatoms. The van der Waals surface area contributed by atoms with Crippen molar-refractivity contribution in [2.75, 3.05) is 0 Å². The summed E-state index contributed by atoms with van der Waals surface area (Å²) in [6.07, 6.45) is 5.87. The summed E-state index contributed by atoms with van der Waals surface area (Å²) in [5.41, 5.74) is 0.760. The number of ether oxygens (including phenoxy) is 1. The minimum absolute atomic E-state index is 0.148. The fourth-order valence-electron chi connectivity index (χ4n) is 1.58. The van der Waals surface area contributed by atoms with E-state index in [4.69, 9.17) is 27.9 Å².